The molecule has 0 fully saturated rings. The number of esters is 1. The minimum Gasteiger partial charge on any atom is -0.481 e. The molecule has 0 heterocycles. The van der Waals surface area contributed by atoms with Crippen LogP contribution in [0.15, 0.2) is 0 Å². The number of carbonyl (C=O) groups excluding carboxylic acids is 1. The topological polar surface area (TPSA) is 63.6 Å². The molecule has 64 valence electrons. The second kappa shape index (κ2) is 4.71. The Labute approximate surface area is 65.2 Å². The normalized spacial score (nSPS) is 12.2. The van der Waals surface area contributed by atoms with E-state index in [0.717, 1.165) is 0 Å². The lowest BCUT2D eigenvalue weighted by atomic mass is 10.1. The van der Waals surface area contributed by atoms with Gasteiger partial charge in [0.25, 0.3) is 0 Å². The van der Waals surface area contributed by atoms with E-state index in [-0.39, 0.29) is 6.42 Å². The summed E-state index contributed by atoms with van der Waals surface area (Å²) < 4.78 is 4.60. The zero-order valence-electron chi connectivity index (χ0n) is 6.66. The minimum absolute atomic E-state index is 0.168. The highest BCUT2D eigenvalue weighted by molar-refractivity contribution is 5.78. The van der Waals surface area contributed by atoms with Gasteiger partial charge in [-0.3, -0.25) is 9.59 Å². The summed E-state index contributed by atoms with van der Waals surface area (Å²) in [6.07, 6.45) is -0.168. The summed E-state index contributed by atoms with van der Waals surface area (Å²) in [5.74, 6) is -1.98. The van der Waals surface area contributed by atoms with Crippen LogP contribution in [-0.4, -0.2) is 23.7 Å². The van der Waals surface area contributed by atoms with Gasteiger partial charge in [-0.1, -0.05) is 6.92 Å². The Hall–Kier alpha value is -1.06. The van der Waals surface area contributed by atoms with Gasteiger partial charge >= 0.3 is 11.9 Å². The van der Waals surface area contributed by atoms with Gasteiger partial charge in [0.05, 0.1) is 18.9 Å². The summed E-state index contributed by atoms with van der Waals surface area (Å²) in [5, 5.41) is 8.29. The number of hydrogen-bond acceptors (Lipinski definition) is 3. The standard InChI is InChI=1S/C7H12O4/c1-3-11-7(10)5(2)4-6(8)9/h5H,3-4H2,1-2H3,(H,8,9). The van der Waals surface area contributed by atoms with Crippen LogP contribution in [0.2, 0.25) is 0 Å². The summed E-state index contributed by atoms with van der Waals surface area (Å²) in [5.41, 5.74) is 0. The number of carboxylic acids is 1. The summed E-state index contributed by atoms with van der Waals surface area (Å²) in [4.78, 5) is 20.9. The smallest absolute Gasteiger partial charge is 0.309 e. The average Bonchev–Trinajstić information content (AvgIpc) is 1.86. The van der Waals surface area contributed by atoms with Crippen molar-refractivity contribution in [2.75, 3.05) is 6.61 Å². The molecular formula is C7H12O4. The predicted octanol–water partition coefficient (Wildman–Crippen LogP) is 0.660. The van der Waals surface area contributed by atoms with Crippen molar-refractivity contribution in [2.24, 2.45) is 5.92 Å². The molecule has 0 rings (SSSR count). The lowest BCUT2D eigenvalue weighted by Gasteiger charge is -2.06. The minimum atomic E-state index is -0.981. The molecule has 0 aromatic rings. The van der Waals surface area contributed by atoms with Crippen molar-refractivity contribution in [3.8, 4) is 0 Å². The van der Waals surface area contributed by atoms with Crippen LogP contribution in [0.1, 0.15) is 20.3 Å². The molecule has 0 spiro atoms. The Balaban J connectivity index is 3.73. The number of carbonyl (C=O) groups is 2. The van der Waals surface area contributed by atoms with E-state index in [9.17, 15) is 9.59 Å². The predicted molar refractivity (Wildman–Crippen MR) is 38.0 cm³/mol. The molecule has 11 heavy (non-hydrogen) atoms. The molecule has 0 saturated carbocycles. The van der Waals surface area contributed by atoms with E-state index in [1.165, 1.54) is 6.92 Å². The van der Waals surface area contributed by atoms with Crippen molar-refractivity contribution in [3.05, 3.63) is 0 Å². The van der Waals surface area contributed by atoms with Gasteiger partial charge in [-0.15, -0.1) is 0 Å². The molecule has 1 N–H and O–H groups in total. The van der Waals surface area contributed by atoms with Crippen LogP contribution in [0, 0.1) is 5.92 Å². The molecule has 4 heteroatoms. The molecule has 0 amide bonds. The van der Waals surface area contributed by atoms with Crippen LogP contribution in [0.25, 0.3) is 0 Å². The van der Waals surface area contributed by atoms with E-state index in [0.29, 0.717) is 6.61 Å². The van der Waals surface area contributed by atoms with E-state index in [4.69, 9.17) is 5.11 Å². The molecule has 0 aliphatic carbocycles. The quantitative estimate of drug-likeness (QED) is 0.613. The number of aliphatic carboxylic acids is 1. The van der Waals surface area contributed by atoms with Gasteiger partial charge in [0.1, 0.15) is 0 Å². The highest BCUT2D eigenvalue weighted by Crippen LogP contribution is 2.03. The first-order chi connectivity index (χ1) is 5.07. The third-order valence-corrected chi connectivity index (χ3v) is 1.17. The van der Waals surface area contributed by atoms with Crippen molar-refractivity contribution in [1.29, 1.82) is 0 Å². The van der Waals surface area contributed by atoms with Crippen molar-refractivity contribution in [3.63, 3.8) is 0 Å². The van der Waals surface area contributed by atoms with Crippen LogP contribution in [0.4, 0.5) is 0 Å². The van der Waals surface area contributed by atoms with E-state index < -0.39 is 17.9 Å². The Bertz CT molecular complexity index is 153. The monoisotopic (exact) mass is 160 g/mol. The first kappa shape index (κ1) is 9.94. The second-order valence-electron chi connectivity index (χ2n) is 2.25. The zero-order chi connectivity index (χ0) is 8.85. The first-order valence-corrected chi connectivity index (χ1v) is 3.46. The van der Waals surface area contributed by atoms with Crippen LogP contribution >= 0.6 is 0 Å². The van der Waals surface area contributed by atoms with Crippen molar-refractivity contribution in [1.82, 2.24) is 0 Å². The Morgan fingerprint density at radius 3 is 2.45 bits per heavy atom. The van der Waals surface area contributed by atoms with Gasteiger partial charge in [-0.05, 0) is 6.92 Å². The molecule has 0 radical (unpaired) electrons. The third-order valence-electron chi connectivity index (χ3n) is 1.17. The van der Waals surface area contributed by atoms with Crippen LogP contribution in [0.5, 0.6) is 0 Å². The zero-order valence-corrected chi connectivity index (χ0v) is 6.66. The fourth-order valence-corrected chi connectivity index (χ4v) is 0.630. The van der Waals surface area contributed by atoms with E-state index in [1.807, 2.05) is 0 Å². The lowest BCUT2D eigenvalue weighted by molar-refractivity contribution is -0.151. The summed E-state index contributed by atoms with van der Waals surface area (Å²) in [6.45, 7) is 3.51. The molecule has 4 nitrogen and oxygen atoms in total. The first-order valence-electron chi connectivity index (χ1n) is 3.46. The average molecular weight is 160 g/mol. The van der Waals surface area contributed by atoms with Gasteiger partial charge in [0.2, 0.25) is 0 Å². The van der Waals surface area contributed by atoms with Gasteiger partial charge in [-0.2, -0.15) is 0 Å². The van der Waals surface area contributed by atoms with Crippen molar-refractivity contribution in [2.45, 2.75) is 20.3 Å². The number of carboxylic acid groups (broad SMARTS) is 1. The number of rotatable bonds is 4. The van der Waals surface area contributed by atoms with E-state index >= 15 is 0 Å². The van der Waals surface area contributed by atoms with E-state index in [1.54, 1.807) is 6.92 Å². The maximum Gasteiger partial charge on any atom is 0.309 e. The molecule has 0 aliphatic rings. The summed E-state index contributed by atoms with van der Waals surface area (Å²) in [7, 11) is 0. The van der Waals surface area contributed by atoms with Gasteiger partial charge < -0.3 is 9.84 Å². The third kappa shape index (κ3) is 4.36. The number of hydrogen-bond donors (Lipinski definition) is 1. The SMILES string of the molecule is CCOC(=O)C(C)CC(=O)O. The van der Waals surface area contributed by atoms with Crippen molar-refractivity contribution < 1.29 is 19.4 Å². The number of ether oxygens (including phenoxy) is 1. The largest absolute Gasteiger partial charge is 0.481 e. The molecule has 1 atom stereocenters. The van der Waals surface area contributed by atoms with Crippen LogP contribution < -0.4 is 0 Å². The summed E-state index contributed by atoms with van der Waals surface area (Å²) in [6, 6.07) is 0. The Morgan fingerprint density at radius 1 is 1.55 bits per heavy atom. The fourth-order valence-electron chi connectivity index (χ4n) is 0.630. The van der Waals surface area contributed by atoms with Gasteiger partial charge in [0.15, 0.2) is 0 Å². The fraction of sp³-hybridized carbons (Fsp3) is 0.714. The highest BCUT2D eigenvalue weighted by Gasteiger charge is 2.16. The Morgan fingerprint density at radius 2 is 2.09 bits per heavy atom. The van der Waals surface area contributed by atoms with Crippen LogP contribution in [0.3, 0.4) is 0 Å². The molecule has 0 aromatic heterocycles. The lowest BCUT2D eigenvalue weighted by Crippen LogP contribution is -2.17. The molecule has 0 bridgehead atoms. The van der Waals surface area contributed by atoms with E-state index in [2.05, 4.69) is 4.74 Å². The highest BCUT2D eigenvalue weighted by atomic mass is 16.5. The van der Waals surface area contributed by atoms with Crippen molar-refractivity contribution >= 4 is 11.9 Å². The molecular weight excluding hydrogens is 148 g/mol. The molecule has 0 saturated heterocycles. The molecule has 0 aliphatic heterocycles. The Kier molecular flexibility index (Phi) is 4.26. The maximum absolute atomic E-state index is 10.8. The second-order valence-corrected chi connectivity index (χ2v) is 2.25. The van der Waals surface area contributed by atoms with Gasteiger partial charge in [-0.25, -0.2) is 0 Å². The molecule has 1 unspecified atom stereocenters. The van der Waals surface area contributed by atoms with Gasteiger partial charge in [0, 0.05) is 0 Å². The summed E-state index contributed by atoms with van der Waals surface area (Å²) >= 11 is 0. The maximum atomic E-state index is 10.8. The molecule has 0 aromatic carbocycles. The van der Waals surface area contributed by atoms with Crippen LogP contribution in [-0.2, 0) is 14.3 Å².